The van der Waals surface area contributed by atoms with E-state index in [1.807, 2.05) is 19.1 Å². The van der Waals surface area contributed by atoms with Crippen LogP contribution in [0, 0.1) is 12.1 Å². The van der Waals surface area contributed by atoms with Crippen molar-refractivity contribution in [3.63, 3.8) is 0 Å². The van der Waals surface area contributed by atoms with Gasteiger partial charge in [-0.05, 0) is 26.8 Å². The Labute approximate surface area is 78.7 Å². The summed E-state index contributed by atoms with van der Waals surface area (Å²) in [6.07, 6.45) is 0. The van der Waals surface area contributed by atoms with E-state index in [-0.39, 0.29) is 5.54 Å². The first-order valence-electron chi connectivity index (χ1n) is 4.35. The molecule has 1 N–H and O–H groups in total. The summed E-state index contributed by atoms with van der Waals surface area (Å²) < 4.78 is 0. The maximum absolute atomic E-state index is 4.53. The van der Waals surface area contributed by atoms with Gasteiger partial charge in [0.25, 0.3) is 0 Å². The molecule has 2 nitrogen and oxygen atoms in total. The van der Waals surface area contributed by atoms with Gasteiger partial charge in [0, 0.05) is 11.6 Å². The summed E-state index contributed by atoms with van der Waals surface area (Å²) in [5, 5.41) is 3.21. The van der Waals surface area contributed by atoms with Crippen LogP contribution in [0.1, 0.15) is 26.3 Å². The first-order chi connectivity index (χ1) is 6.09. The van der Waals surface area contributed by atoms with Gasteiger partial charge in [-0.3, -0.25) is 4.99 Å². The fourth-order valence-electron chi connectivity index (χ4n) is 1.70. The summed E-state index contributed by atoms with van der Waals surface area (Å²) in [6.45, 7) is 6.18. The zero-order valence-electron chi connectivity index (χ0n) is 8.10. The fourth-order valence-corrected chi connectivity index (χ4v) is 1.70. The third-order valence-corrected chi connectivity index (χ3v) is 2.23. The molecule has 2 heteroatoms. The summed E-state index contributed by atoms with van der Waals surface area (Å²) in [5.41, 5.74) is 2.13. The molecule has 0 bridgehead atoms. The van der Waals surface area contributed by atoms with Gasteiger partial charge in [-0.15, -0.1) is 0 Å². The van der Waals surface area contributed by atoms with Crippen LogP contribution in [-0.4, -0.2) is 5.84 Å². The topological polar surface area (TPSA) is 24.4 Å². The predicted molar refractivity (Wildman–Crippen MR) is 53.9 cm³/mol. The number of nitrogens with zero attached hydrogens (tertiary/aromatic N) is 1. The van der Waals surface area contributed by atoms with Gasteiger partial charge in [0.2, 0.25) is 0 Å². The smallest absolute Gasteiger partial charge is 0.0986 e. The number of anilines is 1. The van der Waals surface area contributed by atoms with Crippen molar-refractivity contribution in [3.05, 3.63) is 29.8 Å². The Balaban J connectivity index is 2.58. The standard InChI is InChI=1S/C11H12N2/c1-8-12-10-7-5-4-6-9(10)11(2,3)13-8/h6-7H,1-3H3,(H,12,13). The molecule has 0 saturated carbocycles. The van der Waals surface area contributed by atoms with Crippen LogP contribution in [0.2, 0.25) is 0 Å². The lowest BCUT2D eigenvalue weighted by atomic mass is 9.92. The van der Waals surface area contributed by atoms with Crippen LogP contribution in [0.3, 0.4) is 0 Å². The summed E-state index contributed by atoms with van der Waals surface area (Å²) in [7, 11) is 0. The molecular formula is C11H12N2. The molecule has 1 aromatic carbocycles. The zero-order chi connectivity index (χ0) is 9.47. The average molecular weight is 172 g/mol. The lowest BCUT2D eigenvalue weighted by Crippen LogP contribution is -2.26. The lowest BCUT2D eigenvalue weighted by molar-refractivity contribution is 0.555. The molecule has 0 saturated heterocycles. The first kappa shape index (κ1) is 8.12. The van der Waals surface area contributed by atoms with Crippen molar-refractivity contribution in [1.82, 2.24) is 0 Å². The average Bonchev–Trinajstić information content (AvgIpc) is 2.02. The second kappa shape index (κ2) is 2.50. The van der Waals surface area contributed by atoms with Crippen molar-refractivity contribution < 1.29 is 0 Å². The number of amidine groups is 1. The van der Waals surface area contributed by atoms with Crippen molar-refractivity contribution >= 4 is 11.5 Å². The maximum Gasteiger partial charge on any atom is 0.0986 e. The highest BCUT2D eigenvalue weighted by Gasteiger charge is 2.26. The number of fused-ring (bicyclic) bond motifs is 1. The molecule has 2 rings (SSSR count). The third-order valence-electron chi connectivity index (χ3n) is 2.23. The molecule has 0 aromatic heterocycles. The van der Waals surface area contributed by atoms with E-state index in [0.29, 0.717) is 0 Å². The molecule has 0 fully saturated rings. The summed E-state index contributed by atoms with van der Waals surface area (Å²) in [6, 6.07) is 9.75. The predicted octanol–water partition coefficient (Wildman–Crippen LogP) is 2.37. The highest BCUT2D eigenvalue weighted by Crippen LogP contribution is 2.33. The van der Waals surface area contributed by atoms with Crippen molar-refractivity contribution in [2.24, 2.45) is 4.99 Å². The number of hydrogen-bond donors (Lipinski definition) is 1. The Bertz CT molecular complexity index is 364. The van der Waals surface area contributed by atoms with E-state index in [1.165, 1.54) is 5.56 Å². The van der Waals surface area contributed by atoms with E-state index < -0.39 is 0 Å². The molecule has 0 aliphatic carbocycles. The monoisotopic (exact) mass is 172 g/mol. The minimum absolute atomic E-state index is 0.143. The van der Waals surface area contributed by atoms with Gasteiger partial charge < -0.3 is 5.32 Å². The van der Waals surface area contributed by atoms with E-state index in [4.69, 9.17) is 0 Å². The summed E-state index contributed by atoms with van der Waals surface area (Å²) in [5.74, 6) is 0.956. The van der Waals surface area contributed by atoms with Gasteiger partial charge in [-0.2, -0.15) is 0 Å². The van der Waals surface area contributed by atoms with Gasteiger partial charge in [-0.25, -0.2) is 0 Å². The molecule has 0 amide bonds. The van der Waals surface area contributed by atoms with E-state index >= 15 is 0 Å². The number of nitrogens with one attached hydrogen (secondary N) is 1. The van der Waals surface area contributed by atoms with Crippen LogP contribution in [0.25, 0.3) is 0 Å². The fraction of sp³-hybridized carbons (Fsp3) is 0.364. The molecule has 0 spiro atoms. The van der Waals surface area contributed by atoms with Gasteiger partial charge in [-0.1, -0.05) is 12.1 Å². The molecule has 0 atom stereocenters. The molecule has 13 heavy (non-hydrogen) atoms. The van der Waals surface area contributed by atoms with Crippen LogP contribution < -0.4 is 5.32 Å². The highest BCUT2D eigenvalue weighted by atomic mass is 15.1. The van der Waals surface area contributed by atoms with Crippen LogP contribution in [0.5, 0.6) is 0 Å². The molecule has 0 unspecified atom stereocenters. The van der Waals surface area contributed by atoms with Gasteiger partial charge in [0.05, 0.1) is 17.1 Å². The van der Waals surface area contributed by atoms with Crippen molar-refractivity contribution in [3.8, 4) is 0 Å². The quantitative estimate of drug-likeness (QED) is 0.638. The summed E-state index contributed by atoms with van der Waals surface area (Å²) >= 11 is 0. The van der Waals surface area contributed by atoms with Crippen molar-refractivity contribution in [2.45, 2.75) is 26.3 Å². The second-order valence-electron chi connectivity index (χ2n) is 3.79. The lowest BCUT2D eigenvalue weighted by Gasteiger charge is -2.28. The molecule has 66 valence electrons. The minimum atomic E-state index is -0.143. The maximum atomic E-state index is 4.53. The Morgan fingerprint density at radius 1 is 1.31 bits per heavy atom. The van der Waals surface area contributed by atoms with Gasteiger partial charge >= 0.3 is 0 Å². The van der Waals surface area contributed by atoms with Crippen molar-refractivity contribution in [1.29, 1.82) is 0 Å². The van der Waals surface area contributed by atoms with Crippen molar-refractivity contribution in [2.75, 3.05) is 5.32 Å². The highest BCUT2D eigenvalue weighted by molar-refractivity contribution is 5.96. The summed E-state index contributed by atoms with van der Waals surface area (Å²) in [4.78, 5) is 4.53. The Morgan fingerprint density at radius 2 is 2.00 bits per heavy atom. The van der Waals surface area contributed by atoms with E-state index in [2.05, 4.69) is 36.3 Å². The van der Waals surface area contributed by atoms with E-state index in [0.717, 1.165) is 11.5 Å². The molecule has 1 heterocycles. The number of rotatable bonds is 0. The van der Waals surface area contributed by atoms with E-state index in [1.54, 1.807) is 0 Å². The molecule has 1 aliphatic heterocycles. The molecular weight excluding hydrogens is 160 g/mol. The Hall–Kier alpha value is -1.49. The van der Waals surface area contributed by atoms with Gasteiger partial charge in [0.1, 0.15) is 0 Å². The third kappa shape index (κ3) is 1.27. The zero-order valence-corrected chi connectivity index (χ0v) is 8.10. The minimum Gasteiger partial charge on any atom is -0.343 e. The van der Waals surface area contributed by atoms with Crippen LogP contribution in [0.15, 0.2) is 17.1 Å². The molecule has 1 aromatic rings. The second-order valence-corrected chi connectivity index (χ2v) is 3.79. The Kier molecular flexibility index (Phi) is 1.56. The van der Waals surface area contributed by atoms with Crippen LogP contribution >= 0.6 is 0 Å². The van der Waals surface area contributed by atoms with Crippen LogP contribution in [0.4, 0.5) is 5.69 Å². The number of hydrogen-bond acceptors (Lipinski definition) is 2. The number of aliphatic imine (C=N–C) groups is 1. The first-order valence-corrected chi connectivity index (χ1v) is 4.35. The SMILES string of the molecule is CC1=NC(C)(C)c2cc#ccc2N1. The van der Waals surface area contributed by atoms with Gasteiger partial charge in [0.15, 0.2) is 0 Å². The molecule has 0 radical (unpaired) electrons. The normalized spacial score (nSPS) is 17.9. The Morgan fingerprint density at radius 3 is 2.77 bits per heavy atom. The van der Waals surface area contributed by atoms with Crippen LogP contribution in [-0.2, 0) is 5.54 Å². The van der Waals surface area contributed by atoms with E-state index in [9.17, 15) is 0 Å². The molecule has 1 aliphatic rings. The largest absolute Gasteiger partial charge is 0.343 e.